The maximum absolute atomic E-state index is 12.7. The van der Waals surface area contributed by atoms with Crippen LogP contribution in [0.4, 0.5) is 5.69 Å². The highest BCUT2D eigenvalue weighted by Crippen LogP contribution is 2.25. The van der Waals surface area contributed by atoms with Gasteiger partial charge in [0.1, 0.15) is 11.5 Å². The van der Waals surface area contributed by atoms with Gasteiger partial charge in [0.25, 0.3) is 10.0 Å². The highest BCUT2D eigenvalue weighted by atomic mass is 32.2. The average molecular weight is 451 g/mol. The Balaban J connectivity index is 1.42. The lowest BCUT2D eigenvalue weighted by molar-refractivity contribution is 0.337. The Hall–Kier alpha value is -3.85. The average Bonchev–Trinajstić information content (AvgIpc) is 3.32. The van der Waals surface area contributed by atoms with Gasteiger partial charge in [-0.25, -0.2) is 8.42 Å². The number of sulfonamides is 1. The number of hydrogen-bond donors (Lipinski definition) is 1. The molecule has 0 saturated heterocycles. The lowest BCUT2D eigenvalue weighted by atomic mass is 10.2. The molecule has 0 amide bonds. The molecule has 2 heterocycles. The molecule has 8 nitrogen and oxygen atoms in total. The number of benzene rings is 2. The highest BCUT2D eigenvalue weighted by molar-refractivity contribution is 7.92. The minimum absolute atomic E-state index is 0.164. The van der Waals surface area contributed by atoms with E-state index in [1.165, 1.54) is 6.07 Å². The number of hydrogen-bond acceptors (Lipinski definition) is 6. The van der Waals surface area contributed by atoms with Crippen LogP contribution in [0.3, 0.4) is 0 Å². The lowest BCUT2D eigenvalue weighted by Gasteiger charge is -2.12. The predicted molar refractivity (Wildman–Crippen MR) is 121 cm³/mol. The SMILES string of the molecule is CCOc1ccc(S(=O)(=O)Nc2ccc(Oc3ccc(-n4cccc4)nn3)cc2)cc1C. The lowest BCUT2D eigenvalue weighted by Crippen LogP contribution is -2.13. The summed E-state index contributed by atoms with van der Waals surface area (Å²) in [6.07, 6.45) is 3.75. The molecule has 0 fully saturated rings. The molecule has 2 aromatic carbocycles. The maximum atomic E-state index is 12.7. The molecule has 0 saturated carbocycles. The molecule has 164 valence electrons. The predicted octanol–water partition coefficient (Wildman–Crippen LogP) is 4.57. The summed E-state index contributed by atoms with van der Waals surface area (Å²) >= 11 is 0. The van der Waals surface area contributed by atoms with Crippen LogP contribution in [0, 0.1) is 6.92 Å². The van der Waals surface area contributed by atoms with E-state index < -0.39 is 10.0 Å². The van der Waals surface area contributed by atoms with Gasteiger partial charge in [0, 0.05) is 24.1 Å². The van der Waals surface area contributed by atoms with Gasteiger partial charge in [0.2, 0.25) is 5.88 Å². The Kier molecular flexibility index (Phi) is 6.09. The molecule has 0 aliphatic carbocycles. The summed E-state index contributed by atoms with van der Waals surface area (Å²) in [5.74, 6) is 2.18. The van der Waals surface area contributed by atoms with Crippen molar-refractivity contribution in [2.75, 3.05) is 11.3 Å². The van der Waals surface area contributed by atoms with Crippen LogP contribution in [0.25, 0.3) is 5.82 Å². The third kappa shape index (κ3) is 4.89. The van der Waals surface area contributed by atoms with Gasteiger partial charge in [0.15, 0.2) is 5.82 Å². The number of rotatable bonds is 8. The number of nitrogens with one attached hydrogen (secondary N) is 1. The van der Waals surface area contributed by atoms with Crippen LogP contribution < -0.4 is 14.2 Å². The Labute approximate surface area is 186 Å². The summed E-state index contributed by atoms with van der Waals surface area (Å²) in [7, 11) is -3.74. The van der Waals surface area contributed by atoms with Crippen molar-refractivity contribution in [3.05, 3.63) is 84.7 Å². The second kappa shape index (κ2) is 9.11. The molecule has 2 aromatic heterocycles. The van der Waals surface area contributed by atoms with Crippen molar-refractivity contribution >= 4 is 15.7 Å². The number of anilines is 1. The Bertz CT molecular complexity index is 1290. The fourth-order valence-electron chi connectivity index (χ4n) is 3.02. The van der Waals surface area contributed by atoms with Crippen LogP contribution in [-0.4, -0.2) is 29.8 Å². The molecule has 0 spiro atoms. The van der Waals surface area contributed by atoms with Gasteiger partial charge in [-0.1, -0.05) is 0 Å². The number of aryl methyl sites for hydroxylation is 1. The van der Waals surface area contributed by atoms with Gasteiger partial charge in [-0.3, -0.25) is 4.72 Å². The standard InChI is InChI=1S/C23H22N4O4S/c1-3-30-21-11-10-20(16-17(21)2)32(28,29)26-18-6-8-19(9-7-18)31-23-13-12-22(24-25-23)27-14-4-5-15-27/h4-16,26H,3H2,1-2H3. The van der Waals surface area contributed by atoms with Crippen LogP contribution in [-0.2, 0) is 10.0 Å². The fraction of sp³-hybridized carbons (Fsp3) is 0.130. The first-order valence-corrected chi connectivity index (χ1v) is 11.4. The van der Waals surface area contributed by atoms with E-state index in [1.807, 2.05) is 42.9 Å². The van der Waals surface area contributed by atoms with Crippen molar-refractivity contribution in [2.45, 2.75) is 18.7 Å². The number of nitrogens with zero attached hydrogens (tertiary/aromatic N) is 3. The molecule has 0 bridgehead atoms. The van der Waals surface area contributed by atoms with Crippen LogP contribution >= 0.6 is 0 Å². The Morgan fingerprint density at radius 1 is 0.969 bits per heavy atom. The van der Waals surface area contributed by atoms with Gasteiger partial charge in [-0.15, -0.1) is 10.2 Å². The molecular formula is C23H22N4O4S. The quantitative estimate of drug-likeness (QED) is 0.423. The molecule has 4 rings (SSSR count). The van der Waals surface area contributed by atoms with Crippen molar-refractivity contribution in [1.82, 2.24) is 14.8 Å². The van der Waals surface area contributed by atoms with Gasteiger partial charge < -0.3 is 14.0 Å². The van der Waals surface area contributed by atoms with E-state index in [1.54, 1.807) is 48.5 Å². The Morgan fingerprint density at radius 2 is 1.72 bits per heavy atom. The van der Waals surface area contributed by atoms with E-state index in [0.717, 1.165) is 5.56 Å². The van der Waals surface area contributed by atoms with Crippen molar-refractivity contribution in [3.8, 4) is 23.2 Å². The first-order chi connectivity index (χ1) is 15.4. The number of aromatic nitrogens is 3. The van der Waals surface area contributed by atoms with Crippen molar-refractivity contribution in [1.29, 1.82) is 0 Å². The summed E-state index contributed by atoms with van der Waals surface area (Å²) in [6, 6.07) is 18.6. The minimum Gasteiger partial charge on any atom is -0.494 e. The van der Waals surface area contributed by atoms with E-state index in [4.69, 9.17) is 9.47 Å². The molecule has 0 aliphatic heterocycles. The van der Waals surface area contributed by atoms with Crippen molar-refractivity contribution in [2.24, 2.45) is 0 Å². The second-order valence-electron chi connectivity index (χ2n) is 6.91. The van der Waals surface area contributed by atoms with Crippen LogP contribution in [0.2, 0.25) is 0 Å². The summed E-state index contributed by atoms with van der Waals surface area (Å²) in [5, 5.41) is 8.19. The normalized spacial score (nSPS) is 11.2. The Morgan fingerprint density at radius 3 is 2.34 bits per heavy atom. The van der Waals surface area contributed by atoms with Gasteiger partial charge in [-0.05, 0) is 80.1 Å². The number of ether oxygens (including phenoxy) is 2. The molecule has 4 aromatic rings. The molecule has 0 aliphatic rings. The maximum Gasteiger partial charge on any atom is 0.261 e. The van der Waals surface area contributed by atoms with E-state index in [2.05, 4.69) is 14.9 Å². The first-order valence-electron chi connectivity index (χ1n) is 9.96. The summed E-state index contributed by atoms with van der Waals surface area (Å²) in [4.78, 5) is 0.164. The molecule has 0 radical (unpaired) electrons. The second-order valence-corrected chi connectivity index (χ2v) is 8.59. The third-order valence-electron chi connectivity index (χ3n) is 4.58. The highest BCUT2D eigenvalue weighted by Gasteiger charge is 2.16. The molecule has 0 atom stereocenters. The van der Waals surface area contributed by atoms with Gasteiger partial charge in [0.05, 0.1) is 11.5 Å². The third-order valence-corrected chi connectivity index (χ3v) is 5.96. The molecule has 9 heteroatoms. The van der Waals surface area contributed by atoms with E-state index >= 15 is 0 Å². The van der Waals surface area contributed by atoms with E-state index in [-0.39, 0.29) is 4.90 Å². The smallest absolute Gasteiger partial charge is 0.261 e. The van der Waals surface area contributed by atoms with Gasteiger partial charge in [-0.2, -0.15) is 0 Å². The monoisotopic (exact) mass is 450 g/mol. The zero-order valence-electron chi connectivity index (χ0n) is 17.6. The molecule has 1 N–H and O–H groups in total. The van der Waals surface area contributed by atoms with E-state index in [0.29, 0.717) is 35.5 Å². The topological polar surface area (TPSA) is 95.3 Å². The van der Waals surface area contributed by atoms with Crippen LogP contribution in [0.1, 0.15) is 12.5 Å². The largest absolute Gasteiger partial charge is 0.494 e. The summed E-state index contributed by atoms with van der Waals surface area (Å²) in [6.45, 7) is 4.21. The minimum atomic E-state index is -3.74. The zero-order chi connectivity index (χ0) is 22.6. The summed E-state index contributed by atoms with van der Waals surface area (Å²) < 4.78 is 41.0. The van der Waals surface area contributed by atoms with Crippen LogP contribution in [0.5, 0.6) is 17.4 Å². The molecule has 0 unspecified atom stereocenters. The van der Waals surface area contributed by atoms with E-state index in [9.17, 15) is 8.42 Å². The van der Waals surface area contributed by atoms with Crippen molar-refractivity contribution in [3.63, 3.8) is 0 Å². The molecule has 32 heavy (non-hydrogen) atoms. The first kappa shape index (κ1) is 21.4. The van der Waals surface area contributed by atoms with Crippen molar-refractivity contribution < 1.29 is 17.9 Å². The zero-order valence-corrected chi connectivity index (χ0v) is 18.4. The van der Waals surface area contributed by atoms with Gasteiger partial charge >= 0.3 is 0 Å². The summed E-state index contributed by atoms with van der Waals surface area (Å²) in [5.41, 5.74) is 1.17. The van der Waals surface area contributed by atoms with Crippen LogP contribution in [0.15, 0.2) is 84.0 Å². The fourth-order valence-corrected chi connectivity index (χ4v) is 4.17. The molecular weight excluding hydrogens is 428 g/mol.